The Bertz CT molecular complexity index is 443. The van der Waals surface area contributed by atoms with Crippen LogP contribution >= 0.6 is 11.6 Å². The molecule has 1 aliphatic carbocycles. The summed E-state index contributed by atoms with van der Waals surface area (Å²) in [6.45, 7) is 1.84. The Hall–Kier alpha value is -1.06. The van der Waals surface area contributed by atoms with Gasteiger partial charge in [0.15, 0.2) is 0 Å². The highest BCUT2D eigenvalue weighted by molar-refractivity contribution is 6.31. The zero-order chi connectivity index (χ0) is 13.8. The van der Waals surface area contributed by atoms with Crippen LogP contribution in [0.4, 0.5) is 0 Å². The van der Waals surface area contributed by atoms with Gasteiger partial charge in [0.05, 0.1) is 0 Å². The molecule has 0 heterocycles. The fourth-order valence-corrected chi connectivity index (χ4v) is 2.40. The fraction of sp³-hybridized carbons (Fsp3) is 0.533. The third-order valence-corrected chi connectivity index (χ3v) is 3.71. The predicted molar refractivity (Wildman–Crippen MR) is 74.1 cm³/mol. The van der Waals surface area contributed by atoms with Crippen LogP contribution in [0.1, 0.15) is 37.9 Å². The average Bonchev–Trinajstić information content (AvgIpc) is 3.16. The van der Waals surface area contributed by atoms with Gasteiger partial charge in [0, 0.05) is 24.1 Å². The predicted octanol–water partition coefficient (Wildman–Crippen LogP) is 3.76. The molecule has 0 N–H and O–H groups in total. The second kappa shape index (κ2) is 6.40. The zero-order valence-corrected chi connectivity index (χ0v) is 12.0. The lowest BCUT2D eigenvalue weighted by Crippen LogP contribution is -2.24. The molecular formula is C15H19ClO3. The third kappa shape index (κ3) is 3.95. The molecule has 0 bridgehead atoms. The molecule has 1 fully saturated rings. The lowest BCUT2D eigenvalue weighted by Gasteiger charge is -2.24. The molecule has 0 radical (unpaired) electrons. The second-order valence-electron chi connectivity index (χ2n) is 5.02. The Morgan fingerprint density at radius 1 is 1.42 bits per heavy atom. The number of benzene rings is 1. The van der Waals surface area contributed by atoms with Gasteiger partial charge in [-0.05, 0) is 31.7 Å². The van der Waals surface area contributed by atoms with Gasteiger partial charge in [0.2, 0.25) is 0 Å². The number of esters is 1. The molecule has 0 spiro atoms. The molecule has 3 nitrogen and oxygen atoms in total. The van der Waals surface area contributed by atoms with Crippen LogP contribution in [-0.4, -0.2) is 19.2 Å². The first-order chi connectivity index (χ1) is 9.11. The number of hydrogen-bond acceptors (Lipinski definition) is 3. The first-order valence-electron chi connectivity index (χ1n) is 6.58. The summed E-state index contributed by atoms with van der Waals surface area (Å²) in [6, 6.07) is 7.46. The fourth-order valence-electron chi connectivity index (χ4n) is 2.15. The molecule has 104 valence electrons. The van der Waals surface area contributed by atoms with Crippen LogP contribution in [-0.2, 0) is 14.3 Å². The number of methoxy groups -OCH3 is 1. The molecule has 1 aromatic rings. The monoisotopic (exact) mass is 282 g/mol. The van der Waals surface area contributed by atoms with E-state index >= 15 is 0 Å². The van der Waals surface area contributed by atoms with Gasteiger partial charge in [-0.2, -0.15) is 0 Å². The smallest absolute Gasteiger partial charge is 0.306 e. The molecule has 2 rings (SSSR count). The lowest BCUT2D eigenvalue weighted by atomic mass is 10.1. The SMILES string of the molecule is CO[C@H](c1ccccc1Cl)[C@@H](C)OC(=O)CC1CC1. The van der Waals surface area contributed by atoms with Crippen LogP contribution in [0.2, 0.25) is 5.02 Å². The van der Waals surface area contributed by atoms with E-state index in [4.69, 9.17) is 21.1 Å². The molecule has 1 aromatic carbocycles. The highest BCUT2D eigenvalue weighted by atomic mass is 35.5. The van der Waals surface area contributed by atoms with Gasteiger partial charge in [-0.15, -0.1) is 0 Å². The molecule has 0 aliphatic heterocycles. The normalized spacial score (nSPS) is 17.8. The number of carbonyl (C=O) groups excluding carboxylic acids is 1. The van der Waals surface area contributed by atoms with Crippen molar-refractivity contribution in [1.82, 2.24) is 0 Å². The van der Waals surface area contributed by atoms with Crippen molar-refractivity contribution in [3.63, 3.8) is 0 Å². The minimum atomic E-state index is -0.351. The highest BCUT2D eigenvalue weighted by Crippen LogP contribution is 2.34. The molecule has 2 atom stereocenters. The van der Waals surface area contributed by atoms with Crippen molar-refractivity contribution in [2.24, 2.45) is 5.92 Å². The molecule has 1 aliphatic rings. The van der Waals surface area contributed by atoms with Crippen molar-refractivity contribution in [3.05, 3.63) is 34.9 Å². The van der Waals surface area contributed by atoms with Crippen LogP contribution in [0.25, 0.3) is 0 Å². The van der Waals surface area contributed by atoms with Gasteiger partial charge < -0.3 is 9.47 Å². The van der Waals surface area contributed by atoms with Crippen LogP contribution in [0, 0.1) is 5.92 Å². The Balaban J connectivity index is 1.99. The minimum absolute atomic E-state index is 0.149. The quantitative estimate of drug-likeness (QED) is 0.745. The Morgan fingerprint density at radius 3 is 2.68 bits per heavy atom. The summed E-state index contributed by atoms with van der Waals surface area (Å²) in [5.74, 6) is 0.380. The molecule has 0 aromatic heterocycles. The molecule has 1 saturated carbocycles. The maximum absolute atomic E-state index is 11.7. The van der Waals surface area contributed by atoms with E-state index in [0.29, 0.717) is 17.4 Å². The Kier molecular flexibility index (Phi) is 4.83. The summed E-state index contributed by atoms with van der Waals surface area (Å²) in [7, 11) is 1.60. The number of halogens is 1. The lowest BCUT2D eigenvalue weighted by molar-refractivity contribution is -0.155. The number of ether oxygens (including phenoxy) is 2. The van der Waals surface area contributed by atoms with Gasteiger partial charge in [0.1, 0.15) is 12.2 Å². The summed E-state index contributed by atoms with van der Waals surface area (Å²) in [4.78, 5) is 11.7. The van der Waals surface area contributed by atoms with E-state index in [2.05, 4.69) is 0 Å². The summed E-state index contributed by atoms with van der Waals surface area (Å²) >= 11 is 6.15. The zero-order valence-electron chi connectivity index (χ0n) is 11.3. The van der Waals surface area contributed by atoms with Crippen molar-refractivity contribution in [3.8, 4) is 0 Å². The van der Waals surface area contributed by atoms with Crippen molar-refractivity contribution in [1.29, 1.82) is 0 Å². The van der Waals surface area contributed by atoms with E-state index < -0.39 is 0 Å². The highest BCUT2D eigenvalue weighted by Gasteiger charge is 2.28. The molecule has 0 amide bonds. The van der Waals surface area contributed by atoms with Gasteiger partial charge in [0.25, 0.3) is 0 Å². The van der Waals surface area contributed by atoms with Crippen LogP contribution in [0.3, 0.4) is 0 Å². The van der Waals surface area contributed by atoms with Crippen LogP contribution in [0.5, 0.6) is 0 Å². The van der Waals surface area contributed by atoms with Gasteiger partial charge in [-0.25, -0.2) is 0 Å². The Labute approximate surface area is 118 Å². The molecule has 19 heavy (non-hydrogen) atoms. The number of carbonyl (C=O) groups is 1. The minimum Gasteiger partial charge on any atom is -0.460 e. The third-order valence-electron chi connectivity index (χ3n) is 3.36. The van der Waals surface area contributed by atoms with E-state index in [0.717, 1.165) is 18.4 Å². The van der Waals surface area contributed by atoms with Gasteiger partial charge in [-0.1, -0.05) is 29.8 Å². The van der Waals surface area contributed by atoms with E-state index in [9.17, 15) is 4.79 Å². The van der Waals surface area contributed by atoms with E-state index in [-0.39, 0.29) is 18.2 Å². The molecule has 4 heteroatoms. The molecular weight excluding hydrogens is 264 g/mol. The van der Waals surface area contributed by atoms with Crippen molar-refractivity contribution < 1.29 is 14.3 Å². The van der Waals surface area contributed by atoms with Crippen molar-refractivity contribution in [2.75, 3.05) is 7.11 Å². The van der Waals surface area contributed by atoms with E-state index in [1.807, 2.05) is 31.2 Å². The molecule has 0 unspecified atom stereocenters. The largest absolute Gasteiger partial charge is 0.460 e. The van der Waals surface area contributed by atoms with Crippen molar-refractivity contribution >= 4 is 17.6 Å². The van der Waals surface area contributed by atoms with Gasteiger partial charge >= 0.3 is 5.97 Å². The first-order valence-corrected chi connectivity index (χ1v) is 6.96. The van der Waals surface area contributed by atoms with E-state index in [1.165, 1.54) is 0 Å². The van der Waals surface area contributed by atoms with Crippen LogP contribution < -0.4 is 0 Å². The van der Waals surface area contributed by atoms with Crippen LogP contribution in [0.15, 0.2) is 24.3 Å². The second-order valence-corrected chi connectivity index (χ2v) is 5.43. The van der Waals surface area contributed by atoms with E-state index in [1.54, 1.807) is 7.11 Å². The maximum Gasteiger partial charge on any atom is 0.306 e. The number of hydrogen-bond donors (Lipinski definition) is 0. The number of rotatable bonds is 6. The topological polar surface area (TPSA) is 35.5 Å². The average molecular weight is 283 g/mol. The standard InChI is InChI=1S/C15H19ClO3/c1-10(19-14(17)9-11-7-8-11)15(18-2)12-5-3-4-6-13(12)16/h3-6,10-11,15H,7-9H2,1-2H3/t10-,15+/m1/s1. The Morgan fingerprint density at radius 2 is 2.11 bits per heavy atom. The summed E-state index contributed by atoms with van der Waals surface area (Å²) in [5.41, 5.74) is 0.846. The van der Waals surface area contributed by atoms with Crippen molar-refractivity contribution in [2.45, 2.75) is 38.4 Å². The van der Waals surface area contributed by atoms with Gasteiger partial charge in [-0.3, -0.25) is 4.79 Å². The maximum atomic E-state index is 11.7. The summed E-state index contributed by atoms with van der Waals surface area (Å²) in [6.07, 6.45) is 2.11. The molecule has 0 saturated heterocycles. The first kappa shape index (κ1) is 14.4. The summed E-state index contributed by atoms with van der Waals surface area (Å²) in [5, 5.41) is 0.624. The summed E-state index contributed by atoms with van der Waals surface area (Å²) < 4.78 is 10.9.